The molecule has 3 N–H and O–H groups in total. The average molecular weight is 363 g/mol. The van der Waals surface area contributed by atoms with Crippen LogP contribution < -0.4 is 15.4 Å². The van der Waals surface area contributed by atoms with E-state index < -0.39 is 18.0 Å². The summed E-state index contributed by atoms with van der Waals surface area (Å²) in [4.78, 5) is 28.3. The van der Waals surface area contributed by atoms with E-state index in [0.29, 0.717) is 17.9 Å². The summed E-state index contributed by atoms with van der Waals surface area (Å²) in [6.07, 6.45) is 0.934. The Labute approximate surface area is 150 Å². The SMILES string of the molecule is COc1cc(NC(=O)C(CC(C)C)NC(=O)O)ccc1-c1cncs1. The number of methoxy groups -OCH3 is 1. The normalized spacial score (nSPS) is 11.8. The van der Waals surface area contributed by atoms with Crippen LogP contribution >= 0.6 is 11.3 Å². The lowest BCUT2D eigenvalue weighted by Gasteiger charge is -2.19. The first-order valence-corrected chi connectivity index (χ1v) is 8.66. The van der Waals surface area contributed by atoms with Gasteiger partial charge in [0.05, 0.1) is 17.5 Å². The molecule has 1 unspecified atom stereocenters. The van der Waals surface area contributed by atoms with Crippen LogP contribution in [-0.2, 0) is 4.79 Å². The van der Waals surface area contributed by atoms with Crippen molar-refractivity contribution in [2.45, 2.75) is 26.3 Å². The lowest BCUT2D eigenvalue weighted by atomic mass is 10.0. The molecule has 8 heteroatoms. The van der Waals surface area contributed by atoms with E-state index in [0.717, 1.165) is 10.4 Å². The van der Waals surface area contributed by atoms with Gasteiger partial charge >= 0.3 is 6.09 Å². The first-order valence-electron chi connectivity index (χ1n) is 7.78. The number of carbonyl (C=O) groups is 2. The van der Waals surface area contributed by atoms with Gasteiger partial charge in [-0.15, -0.1) is 11.3 Å². The van der Waals surface area contributed by atoms with E-state index in [1.165, 1.54) is 11.3 Å². The van der Waals surface area contributed by atoms with Crippen LogP contribution in [0.25, 0.3) is 10.4 Å². The van der Waals surface area contributed by atoms with Crippen molar-refractivity contribution in [1.82, 2.24) is 10.3 Å². The first kappa shape index (κ1) is 18.7. The molecule has 25 heavy (non-hydrogen) atoms. The molecular weight excluding hydrogens is 342 g/mol. The zero-order valence-corrected chi connectivity index (χ0v) is 15.1. The largest absolute Gasteiger partial charge is 0.496 e. The molecule has 0 aliphatic heterocycles. The van der Waals surface area contributed by atoms with E-state index >= 15 is 0 Å². The number of aromatic nitrogens is 1. The molecule has 0 bridgehead atoms. The average Bonchev–Trinajstić information content (AvgIpc) is 3.07. The van der Waals surface area contributed by atoms with Crippen molar-refractivity contribution in [3.05, 3.63) is 29.9 Å². The maximum Gasteiger partial charge on any atom is 0.405 e. The molecular formula is C17H21N3O4S. The fourth-order valence-electron chi connectivity index (χ4n) is 2.40. The number of benzene rings is 1. The Bertz CT molecular complexity index is 731. The molecule has 1 aromatic heterocycles. The highest BCUT2D eigenvalue weighted by molar-refractivity contribution is 7.13. The van der Waals surface area contributed by atoms with Gasteiger partial charge in [-0.2, -0.15) is 0 Å². The van der Waals surface area contributed by atoms with Gasteiger partial charge in [0, 0.05) is 23.5 Å². The van der Waals surface area contributed by atoms with Crippen molar-refractivity contribution in [1.29, 1.82) is 0 Å². The first-order chi connectivity index (χ1) is 11.9. The Morgan fingerprint density at radius 3 is 2.68 bits per heavy atom. The molecule has 0 fully saturated rings. The predicted molar refractivity (Wildman–Crippen MR) is 97.1 cm³/mol. The molecule has 0 aliphatic carbocycles. The number of thiazole rings is 1. The summed E-state index contributed by atoms with van der Waals surface area (Å²) in [5.41, 5.74) is 3.15. The van der Waals surface area contributed by atoms with Crippen LogP contribution in [0.5, 0.6) is 5.75 Å². The van der Waals surface area contributed by atoms with Gasteiger partial charge in [-0.1, -0.05) is 13.8 Å². The summed E-state index contributed by atoms with van der Waals surface area (Å²) >= 11 is 1.49. The molecule has 7 nitrogen and oxygen atoms in total. The molecule has 0 saturated heterocycles. The Kier molecular flexibility index (Phi) is 6.35. The molecule has 2 aromatic rings. The number of carboxylic acid groups (broad SMARTS) is 1. The van der Waals surface area contributed by atoms with E-state index in [-0.39, 0.29) is 5.92 Å². The zero-order chi connectivity index (χ0) is 18.4. The summed E-state index contributed by atoms with van der Waals surface area (Å²) in [5, 5.41) is 13.9. The van der Waals surface area contributed by atoms with Crippen molar-refractivity contribution < 1.29 is 19.4 Å². The third-order valence-electron chi connectivity index (χ3n) is 3.49. The van der Waals surface area contributed by atoms with Gasteiger partial charge in [0.2, 0.25) is 5.91 Å². The van der Waals surface area contributed by atoms with Crippen LogP contribution in [0.4, 0.5) is 10.5 Å². The fourth-order valence-corrected chi connectivity index (χ4v) is 3.06. The summed E-state index contributed by atoms with van der Waals surface area (Å²) in [5.74, 6) is 0.378. The lowest BCUT2D eigenvalue weighted by Crippen LogP contribution is -2.44. The number of ether oxygens (including phenoxy) is 1. The van der Waals surface area contributed by atoms with E-state index in [4.69, 9.17) is 9.84 Å². The maximum atomic E-state index is 12.4. The lowest BCUT2D eigenvalue weighted by molar-refractivity contribution is -0.118. The predicted octanol–water partition coefficient (Wildman–Crippen LogP) is 3.44. The van der Waals surface area contributed by atoms with Crippen LogP contribution in [-0.4, -0.2) is 35.2 Å². The summed E-state index contributed by atoms with van der Waals surface area (Å²) < 4.78 is 5.40. The Balaban J connectivity index is 2.18. The fraction of sp³-hybridized carbons (Fsp3) is 0.353. The molecule has 1 aromatic carbocycles. The van der Waals surface area contributed by atoms with Crippen molar-refractivity contribution in [3.63, 3.8) is 0 Å². The van der Waals surface area contributed by atoms with Gasteiger partial charge in [-0.05, 0) is 24.5 Å². The molecule has 2 amide bonds. The van der Waals surface area contributed by atoms with Crippen molar-refractivity contribution in [3.8, 4) is 16.2 Å². The molecule has 1 heterocycles. The molecule has 134 valence electrons. The minimum Gasteiger partial charge on any atom is -0.496 e. The number of carbonyl (C=O) groups excluding carboxylic acids is 1. The van der Waals surface area contributed by atoms with Gasteiger partial charge < -0.3 is 20.5 Å². The molecule has 0 saturated carbocycles. The van der Waals surface area contributed by atoms with Gasteiger partial charge in [0.1, 0.15) is 11.8 Å². The van der Waals surface area contributed by atoms with Crippen molar-refractivity contribution >= 4 is 29.0 Å². The zero-order valence-electron chi connectivity index (χ0n) is 14.3. The monoisotopic (exact) mass is 363 g/mol. The maximum absolute atomic E-state index is 12.4. The van der Waals surface area contributed by atoms with Crippen molar-refractivity contribution in [2.24, 2.45) is 5.92 Å². The summed E-state index contributed by atoms with van der Waals surface area (Å²) in [6, 6.07) is 4.48. The number of rotatable bonds is 7. The summed E-state index contributed by atoms with van der Waals surface area (Å²) in [7, 11) is 1.55. The van der Waals surface area contributed by atoms with E-state index in [1.54, 1.807) is 30.9 Å². The highest BCUT2D eigenvalue weighted by atomic mass is 32.1. The van der Waals surface area contributed by atoms with Gasteiger partial charge in [0.15, 0.2) is 0 Å². The second-order valence-electron chi connectivity index (χ2n) is 5.90. The second-order valence-corrected chi connectivity index (χ2v) is 6.79. The number of anilines is 1. The Hall–Kier alpha value is -2.61. The number of nitrogens with zero attached hydrogens (tertiary/aromatic N) is 1. The van der Waals surface area contributed by atoms with E-state index in [1.807, 2.05) is 19.9 Å². The second kappa shape index (κ2) is 8.48. The standard InChI is InChI=1S/C17H21N3O4S/c1-10(2)6-13(20-17(22)23)16(21)19-11-4-5-12(14(7-11)24-3)15-8-18-9-25-15/h4-5,7-10,13,20H,6H2,1-3H3,(H,19,21)(H,22,23). The highest BCUT2D eigenvalue weighted by Gasteiger charge is 2.22. The van der Waals surface area contributed by atoms with Crippen LogP contribution in [0.1, 0.15) is 20.3 Å². The van der Waals surface area contributed by atoms with Gasteiger partial charge in [-0.3, -0.25) is 9.78 Å². The van der Waals surface area contributed by atoms with E-state index in [9.17, 15) is 9.59 Å². The Morgan fingerprint density at radius 2 is 2.12 bits per heavy atom. The number of hydrogen-bond donors (Lipinski definition) is 3. The Morgan fingerprint density at radius 1 is 1.36 bits per heavy atom. The third kappa shape index (κ3) is 5.18. The smallest absolute Gasteiger partial charge is 0.405 e. The van der Waals surface area contributed by atoms with Crippen LogP contribution in [0.3, 0.4) is 0 Å². The number of hydrogen-bond acceptors (Lipinski definition) is 5. The van der Waals surface area contributed by atoms with Crippen LogP contribution in [0.15, 0.2) is 29.9 Å². The quantitative estimate of drug-likeness (QED) is 0.699. The highest BCUT2D eigenvalue weighted by Crippen LogP contribution is 2.34. The van der Waals surface area contributed by atoms with Crippen molar-refractivity contribution in [2.75, 3.05) is 12.4 Å². The molecule has 1 atom stereocenters. The molecule has 0 aliphatic rings. The molecule has 2 rings (SSSR count). The molecule has 0 radical (unpaired) electrons. The number of nitrogens with one attached hydrogen (secondary N) is 2. The number of amides is 2. The topological polar surface area (TPSA) is 101 Å². The van der Waals surface area contributed by atoms with Crippen LogP contribution in [0, 0.1) is 5.92 Å². The summed E-state index contributed by atoms with van der Waals surface area (Å²) in [6.45, 7) is 3.85. The minimum atomic E-state index is -1.22. The van der Waals surface area contributed by atoms with E-state index in [2.05, 4.69) is 15.6 Å². The molecule has 0 spiro atoms. The van der Waals surface area contributed by atoms with Gasteiger partial charge in [-0.25, -0.2) is 4.79 Å². The van der Waals surface area contributed by atoms with Crippen LogP contribution in [0.2, 0.25) is 0 Å². The third-order valence-corrected chi connectivity index (χ3v) is 4.29. The minimum absolute atomic E-state index is 0.172. The van der Waals surface area contributed by atoms with Gasteiger partial charge in [0.25, 0.3) is 0 Å².